The van der Waals surface area contributed by atoms with E-state index in [9.17, 15) is 18.0 Å². The van der Waals surface area contributed by atoms with Crippen molar-refractivity contribution in [2.24, 2.45) is 0 Å². The summed E-state index contributed by atoms with van der Waals surface area (Å²) in [6, 6.07) is 3.18. The molecule has 1 aromatic rings. The van der Waals surface area contributed by atoms with E-state index in [1.165, 1.54) is 0 Å². The van der Waals surface area contributed by atoms with Gasteiger partial charge in [0.25, 0.3) is 5.56 Å². The van der Waals surface area contributed by atoms with Crippen LogP contribution in [0.4, 0.5) is 13.2 Å². The molecule has 4 nitrogen and oxygen atoms in total. The van der Waals surface area contributed by atoms with Crippen molar-refractivity contribution in [3.05, 3.63) is 34.2 Å². The first kappa shape index (κ1) is 17.7. The third-order valence-corrected chi connectivity index (χ3v) is 2.95. The number of aromatic nitrogens is 1. The fourth-order valence-electron chi connectivity index (χ4n) is 1.91. The van der Waals surface area contributed by atoms with Gasteiger partial charge in [0.05, 0.1) is 0 Å². The van der Waals surface area contributed by atoms with E-state index < -0.39 is 17.4 Å². The molecule has 0 aromatic carbocycles. The minimum atomic E-state index is -4.52. The molecule has 1 N–H and O–H groups in total. The van der Waals surface area contributed by atoms with Crippen LogP contribution in [0.2, 0.25) is 0 Å². The molecule has 0 saturated carbocycles. The van der Waals surface area contributed by atoms with Gasteiger partial charge < -0.3 is 14.6 Å². The van der Waals surface area contributed by atoms with Crippen LogP contribution >= 0.6 is 0 Å². The van der Waals surface area contributed by atoms with Crippen molar-refractivity contribution in [2.75, 3.05) is 26.3 Å². The molecule has 0 unspecified atom stereocenters. The Morgan fingerprint density at radius 2 is 2.00 bits per heavy atom. The Kier molecular flexibility index (Phi) is 7.45. The van der Waals surface area contributed by atoms with E-state index in [0.29, 0.717) is 26.3 Å². The van der Waals surface area contributed by atoms with Crippen LogP contribution in [-0.4, -0.2) is 30.9 Å². The predicted molar refractivity (Wildman–Crippen MR) is 74.3 cm³/mol. The molecule has 0 aliphatic carbocycles. The maximum absolute atomic E-state index is 12.8. The van der Waals surface area contributed by atoms with Gasteiger partial charge in [-0.25, -0.2) is 0 Å². The van der Waals surface area contributed by atoms with Crippen molar-refractivity contribution in [3.63, 3.8) is 0 Å². The van der Waals surface area contributed by atoms with Crippen LogP contribution in [0.25, 0.3) is 0 Å². The first-order valence-corrected chi connectivity index (χ1v) is 7.02. The number of hydrogen-bond acceptors (Lipinski definition) is 3. The number of unbranched alkanes of at least 4 members (excludes halogenated alkanes) is 1. The highest BCUT2D eigenvalue weighted by Crippen LogP contribution is 2.27. The summed E-state index contributed by atoms with van der Waals surface area (Å²) in [5, 5.41) is 3.03. The zero-order chi connectivity index (χ0) is 15.7. The number of halogens is 3. The molecule has 0 fully saturated rings. The summed E-state index contributed by atoms with van der Waals surface area (Å²) >= 11 is 0. The number of ether oxygens (including phenoxy) is 1. The van der Waals surface area contributed by atoms with Gasteiger partial charge in [0.15, 0.2) is 0 Å². The van der Waals surface area contributed by atoms with E-state index in [2.05, 4.69) is 5.32 Å². The van der Waals surface area contributed by atoms with Crippen molar-refractivity contribution in [1.29, 1.82) is 0 Å². The zero-order valence-corrected chi connectivity index (χ0v) is 12.1. The molecule has 0 aliphatic rings. The Bertz CT molecular complexity index is 472. The van der Waals surface area contributed by atoms with Gasteiger partial charge in [-0.2, -0.15) is 13.2 Å². The van der Waals surface area contributed by atoms with Crippen LogP contribution in [0.3, 0.4) is 0 Å². The molecule has 0 saturated heterocycles. The summed E-state index contributed by atoms with van der Waals surface area (Å²) in [4.78, 5) is 11.5. The van der Waals surface area contributed by atoms with Crippen LogP contribution in [0, 0.1) is 0 Å². The Labute approximate surface area is 121 Å². The highest BCUT2D eigenvalue weighted by Gasteiger charge is 2.33. The van der Waals surface area contributed by atoms with Gasteiger partial charge >= 0.3 is 6.18 Å². The smallest absolute Gasteiger partial charge is 0.382 e. The minimum Gasteiger partial charge on any atom is -0.382 e. The van der Waals surface area contributed by atoms with Gasteiger partial charge in [0.1, 0.15) is 5.69 Å². The second kappa shape index (κ2) is 8.84. The van der Waals surface area contributed by atoms with Crippen LogP contribution in [0.1, 0.15) is 25.5 Å². The summed E-state index contributed by atoms with van der Waals surface area (Å²) < 4.78 is 44.3. The van der Waals surface area contributed by atoms with Gasteiger partial charge in [-0.3, -0.25) is 4.79 Å². The number of nitrogens with one attached hydrogen (secondary N) is 1. The molecular formula is C14H21F3N2O2. The highest BCUT2D eigenvalue weighted by molar-refractivity contribution is 5.10. The molecule has 0 radical (unpaired) electrons. The summed E-state index contributed by atoms with van der Waals surface area (Å²) in [6.45, 7) is 4.31. The first-order chi connectivity index (χ1) is 9.96. The fourth-order valence-corrected chi connectivity index (χ4v) is 1.91. The largest absolute Gasteiger partial charge is 0.431 e. The molecule has 120 valence electrons. The normalized spacial score (nSPS) is 11.8. The van der Waals surface area contributed by atoms with Crippen LogP contribution < -0.4 is 10.9 Å². The first-order valence-electron chi connectivity index (χ1n) is 7.02. The van der Waals surface area contributed by atoms with Crippen LogP contribution in [0.15, 0.2) is 23.0 Å². The molecule has 0 bridgehead atoms. The molecule has 21 heavy (non-hydrogen) atoms. The molecule has 1 rings (SSSR count). The van der Waals surface area contributed by atoms with Crippen molar-refractivity contribution in [2.45, 2.75) is 32.5 Å². The number of nitrogens with zero attached hydrogens (tertiary/aromatic N) is 1. The standard InChI is InChI=1S/C14H21F3N2O2/c1-2-21-11-4-3-8-18-9-10-19-12(14(15,16)17)6-5-7-13(19)20/h5-7,18H,2-4,8-11H2,1H3. The van der Waals surface area contributed by atoms with Gasteiger partial charge in [-0.15, -0.1) is 0 Å². The van der Waals surface area contributed by atoms with E-state index in [1.54, 1.807) is 0 Å². The number of alkyl halides is 3. The van der Waals surface area contributed by atoms with Gasteiger partial charge in [0, 0.05) is 32.4 Å². The minimum absolute atomic E-state index is 0.0000231. The van der Waals surface area contributed by atoms with Crippen LogP contribution in [0.5, 0.6) is 0 Å². The third-order valence-electron chi connectivity index (χ3n) is 2.95. The lowest BCUT2D eigenvalue weighted by atomic mass is 10.3. The molecule has 1 aromatic heterocycles. The summed E-state index contributed by atoms with van der Waals surface area (Å²) in [6.07, 6.45) is -2.73. The second-order valence-corrected chi connectivity index (χ2v) is 4.55. The topological polar surface area (TPSA) is 43.3 Å². The molecule has 0 spiro atoms. The number of rotatable bonds is 9. The lowest BCUT2D eigenvalue weighted by Crippen LogP contribution is -2.31. The van der Waals surface area contributed by atoms with Crippen molar-refractivity contribution in [3.8, 4) is 0 Å². The molecule has 1 heterocycles. The van der Waals surface area contributed by atoms with Gasteiger partial charge in [-0.05, 0) is 32.4 Å². The molecular weight excluding hydrogens is 285 g/mol. The average Bonchev–Trinajstić information content (AvgIpc) is 2.42. The maximum Gasteiger partial charge on any atom is 0.431 e. The quantitative estimate of drug-likeness (QED) is 0.712. The van der Waals surface area contributed by atoms with E-state index in [4.69, 9.17) is 4.74 Å². The number of hydrogen-bond donors (Lipinski definition) is 1. The highest BCUT2D eigenvalue weighted by atomic mass is 19.4. The number of pyridine rings is 1. The van der Waals surface area contributed by atoms with Crippen LogP contribution in [-0.2, 0) is 17.5 Å². The lowest BCUT2D eigenvalue weighted by molar-refractivity contribution is -0.144. The molecule has 0 aliphatic heterocycles. The van der Waals surface area contributed by atoms with Crippen molar-refractivity contribution < 1.29 is 17.9 Å². The van der Waals surface area contributed by atoms with E-state index in [0.717, 1.165) is 35.6 Å². The Balaban J connectivity index is 2.40. The van der Waals surface area contributed by atoms with E-state index in [-0.39, 0.29) is 6.54 Å². The molecule has 0 amide bonds. The predicted octanol–water partition coefficient (Wildman–Crippen LogP) is 2.27. The van der Waals surface area contributed by atoms with Crippen molar-refractivity contribution in [1.82, 2.24) is 9.88 Å². The van der Waals surface area contributed by atoms with E-state index in [1.807, 2.05) is 6.92 Å². The maximum atomic E-state index is 12.8. The fraction of sp³-hybridized carbons (Fsp3) is 0.643. The second-order valence-electron chi connectivity index (χ2n) is 4.55. The Hall–Kier alpha value is -1.34. The summed E-state index contributed by atoms with van der Waals surface area (Å²) in [5.74, 6) is 0. The lowest BCUT2D eigenvalue weighted by Gasteiger charge is -2.15. The average molecular weight is 306 g/mol. The molecule has 0 atom stereocenters. The van der Waals surface area contributed by atoms with Crippen molar-refractivity contribution >= 4 is 0 Å². The summed E-state index contributed by atoms with van der Waals surface area (Å²) in [7, 11) is 0. The Morgan fingerprint density at radius 3 is 2.67 bits per heavy atom. The monoisotopic (exact) mass is 306 g/mol. The molecule has 7 heteroatoms. The summed E-state index contributed by atoms with van der Waals surface area (Å²) in [5.41, 5.74) is -1.55. The Morgan fingerprint density at radius 1 is 1.24 bits per heavy atom. The van der Waals surface area contributed by atoms with Gasteiger partial charge in [-0.1, -0.05) is 6.07 Å². The zero-order valence-electron chi connectivity index (χ0n) is 12.1. The SMILES string of the molecule is CCOCCCCNCCn1c(C(F)(F)F)cccc1=O. The third kappa shape index (κ3) is 6.31. The van der Waals surface area contributed by atoms with E-state index >= 15 is 0 Å². The van der Waals surface area contributed by atoms with Gasteiger partial charge in [0.2, 0.25) is 0 Å².